The number of nitrogens with zero attached hydrogens (tertiary/aromatic N) is 3. The number of pyridine rings is 1. The average molecular weight is 237 g/mol. The third-order valence-corrected chi connectivity index (χ3v) is 2.61. The summed E-state index contributed by atoms with van der Waals surface area (Å²) in [5.74, 6) is 1.08. The van der Waals surface area contributed by atoms with E-state index in [2.05, 4.69) is 15.1 Å². The fourth-order valence-corrected chi connectivity index (χ4v) is 1.73. The first-order valence-corrected chi connectivity index (χ1v) is 5.64. The predicted molar refractivity (Wildman–Crippen MR) is 67.7 cm³/mol. The first-order valence-electron chi connectivity index (χ1n) is 5.64. The number of hydrogen-bond acceptors (Lipinski definition) is 4. The molecule has 0 saturated carbocycles. The van der Waals surface area contributed by atoms with E-state index in [1.165, 1.54) is 0 Å². The maximum absolute atomic E-state index is 5.27. The van der Waals surface area contributed by atoms with Gasteiger partial charge in [-0.25, -0.2) is 0 Å². The maximum Gasteiger partial charge on any atom is 0.258 e. The number of hydrogen-bond donors (Lipinski definition) is 0. The zero-order chi connectivity index (χ0) is 12.4. The minimum Gasteiger partial charge on any atom is -0.334 e. The molecule has 0 fully saturated rings. The van der Waals surface area contributed by atoms with Crippen LogP contribution in [0.3, 0.4) is 0 Å². The van der Waals surface area contributed by atoms with Crippen molar-refractivity contribution in [3.63, 3.8) is 0 Å². The lowest BCUT2D eigenvalue weighted by atomic mass is 10.1. The lowest BCUT2D eigenvalue weighted by Gasteiger charge is -1.95. The first kappa shape index (κ1) is 10.7. The average Bonchev–Trinajstić information content (AvgIpc) is 2.89. The Morgan fingerprint density at radius 3 is 2.72 bits per heavy atom. The largest absolute Gasteiger partial charge is 0.334 e. The summed E-state index contributed by atoms with van der Waals surface area (Å²) in [6.45, 7) is 2.03. The van der Waals surface area contributed by atoms with E-state index in [1.807, 2.05) is 43.3 Å². The van der Waals surface area contributed by atoms with Crippen LogP contribution in [0, 0.1) is 6.92 Å². The highest BCUT2D eigenvalue weighted by atomic mass is 16.5. The molecule has 0 aliphatic heterocycles. The van der Waals surface area contributed by atoms with E-state index < -0.39 is 0 Å². The molecule has 0 unspecified atom stereocenters. The normalized spacial score (nSPS) is 10.5. The van der Waals surface area contributed by atoms with Crippen molar-refractivity contribution in [2.45, 2.75) is 6.92 Å². The van der Waals surface area contributed by atoms with E-state index in [1.54, 1.807) is 12.4 Å². The minimum absolute atomic E-state index is 0.526. The Hall–Kier alpha value is -2.49. The molecule has 0 spiro atoms. The van der Waals surface area contributed by atoms with Crippen LogP contribution in [0.1, 0.15) is 5.56 Å². The van der Waals surface area contributed by atoms with Gasteiger partial charge < -0.3 is 4.52 Å². The molecule has 88 valence electrons. The molecular formula is C14H11N3O. The lowest BCUT2D eigenvalue weighted by molar-refractivity contribution is 0.432. The van der Waals surface area contributed by atoms with E-state index in [9.17, 15) is 0 Å². The van der Waals surface area contributed by atoms with Crippen molar-refractivity contribution in [2.24, 2.45) is 0 Å². The molecule has 0 aliphatic rings. The summed E-state index contributed by atoms with van der Waals surface area (Å²) >= 11 is 0. The van der Waals surface area contributed by atoms with Crippen molar-refractivity contribution in [1.29, 1.82) is 0 Å². The van der Waals surface area contributed by atoms with Gasteiger partial charge in [0.15, 0.2) is 0 Å². The molecule has 0 N–H and O–H groups in total. The Labute approximate surface area is 104 Å². The molecule has 1 aromatic carbocycles. The zero-order valence-corrected chi connectivity index (χ0v) is 9.87. The van der Waals surface area contributed by atoms with Gasteiger partial charge in [-0.3, -0.25) is 4.98 Å². The SMILES string of the molecule is Cc1cccc(-c2nc(-c3cccnc3)no2)c1. The van der Waals surface area contributed by atoms with E-state index in [0.29, 0.717) is 11.7 Å². The van der Waals surface area contributed by atoms with Crippen molar-refractivity contribution in [3.05, 3.63) is 54.4 Å². The number of aromatic nitrogens is 3. The molecule has 3 aromatic rings. The topological polar surface area (TPSA) is 51.8 Å². The van der Waals surface area contributed by atoms with Gasteiger partial charge in [0.25, 0.3) is 5.89 Å². The van der Waals surface area contributed by atoms with Gasteiger partial charge in [0.2, 0.25) is 5.82 Å². The van der Waals surface area contributed by atoms with Crippen LogP contribution >= 0.6 is 0 Å². The van der Waals surface area contributed by atoms with Gasteiger partial charge in [-0.1, -0.05) is 22.9 Å². The van der Waals surface area contributed by atoms with Crippen molar-refractivity contribution >= 4 is 0 Å². The van der Waals surface area contributed by atoms with Crippen molar-refractivity contribution < 1.29 is 4.52 Å². The Morgan fingerprint density at radius 1 is 1.06 bits per heavy atom. The van der Waals surface area contributed by atoms with Gasteiger partial charge in [-0.05, 0) is 31.2 Å². The van der Waals surface area contributed by atoms with Gasteiger partial charge in [0, 0.05) is 23.5 Å². The van der Waals surface area contributed by atoms with Crippen molar-refractivity contribution in [1.82, 2.24) is 15.1 Å². The summed E-state index contributed by atoms with van der Waals surface area (Å²) in [7, 11) is 0. The molecule has 0 saturated heterocycles. The number of benzene rings is 1. The Kier molecular flexibility index (Phi) is 2.61. The molecule has 2 heterocycles. The summed E-state index contributed by atoms with van der Waals surface area (Å²) in [6.07, 6.45) is 3.43. The van der Waals surface area contributed by atoms with E-state index in [-0.39, 0.29) is 0 Å². The molecular weight excluding hydrogens is 226 g/mol. The summed E-state index contributed by atoms with van der Waals surface area (Å²) in [5, 5.41) is 3.97. The Balaban J connectivity index is 2.00. The Bertz CT molecular complexity index is 662. The van der Waals surface area contributed by atoms with Crippen LogP contribution < -0.4 is 0 Å². The molecule has 4 heteroatoms. The summed E-state index contributed by atoms with van der Waals surface area (Å²) in [5.41, 5.74) is 2.94. The second-order valence-electron chi connectivity index (χ2n) is 4.03. The van der Waals surface area contributed by atoms with Crippen molar-refractivity contribution in [3.8, 4) is 22.8 Å². The lowest BCUT2D eigenvalue weighted by Crippen LogP contribution is -1.82. The molecule has 0 radical (unpaired) electrons. The standard InChI is InChI=1S/C14H11N3O/c1-10-4-2-5-11(8-10)14-16-13(17-18-14)12-6-3-7-15-9-12/h2-9H,1H3. The van der Waals surface area contributed by atoms with Crippen molar-refractivity contribution in [2.75, 3.05) is 0 Å². The van der Waals surface area contributed by atoms with Crippen LogP contribution in [0.25, 0.3) is 22.8 Å². The maximum atomic E-state index is 5.27. The smallest absolute Gasteiger partial charge is 0.258 e. The van der Waals surface area contributed by atoms with Gasteiger partial charge in [0.1, 0.15) is 0 Å². The number of aryl methyl sites for hydroxylation is 1. The van der Waals surface area contributed by atoms with Crippen LogP contribution in [0.15, 0.2) is 53.3 Å². The summed E-state index contributed by atoms with van der Waals surface area (Å²) in [4.78, 5) is 8.41. The van der Waals surface area contributed by atoms with Gasteiger partial charge in [0.05, 0.1) is 0 Å². The predicted octanol–water partition coefficient (Wildman–Crippen LogP) is 3.11. The highest BCUT2D eigenvalue weighted by Crippen LogP contribution is 2.22. The quantitative estimate of drug-likeness (QED) is 0.687. The zero-order valence-electron chi connectivity index (χ0n) is 9.87. The van der Waals surface area contributed by atoms with Crippen LogP contribution in [-0.4, -0.2) is 15.1 Å². The molecule has 18 heavy (non-hydrogen) atoms. The molecule has 0 amide bonds. The molecule has 4 nitrogen and oxygen atoms in total. The molecule has 0 aliphatic carbocycles. The molecule has 0 atom stereocenters. The second kappa shape index (κ2) is 4.41. The highest BCUT2D eigenvalue weighted by molar-refractivity contribution is 5.59. The van der Waals surface area contributed by atoms with Crippen LogP contribution in [0.5, 0.6) is 0 Å². The molecule has 3 rings (SSSR count). The molecule has 0 bridgehead atoms. The highest BCUT2D eigenvalue weighted by Gasteiger charge is 2.10. The van der Waals surface area contributed by atoms with Gasteiger partial charge in [-0.2, -0.15) is 4.98 Å². The van der Waals surface area contributed by atoms with Gasteiger partial charge >= 0.3 is 0 Å². The van der Waals surface area contributed by atoms with E-state index >= 15 is 0 Å². The molecule has 2 aromatic heterocycles. The van der Waals surface area contributed by atoms with E-state index in [0.717, 1.165) is 16.7 Å². The second-order valence-corrected chi connectivity index (χ2v) is 4.03. The first-order chi connectivity index (χ1) is 8.83. The summed E-state index contributed by atoms with van der Waals surface area (Å²) in [6, 6.07) is 11.7. The monoisotopic (exact) mass is 237 g/mol. The van der Waals surface area contributed by atoms with Gasteiger partial charge in [-0.15, -0.1) is 0 Å². The van der Waals surface area contributed by atoms with Crippen LogP contribution in [-0.2, 0) is 0 Å². The minimum atomic E-state index is 0.526. The summed E-state index contributed by atoms with van der Waals surface area (Å²) < 4.78 is 5.27. The Morgan fingerprint density at radius 2 is 1.94 bits per heavy atom. The third kappa shape index (κ3) is 2.00. The number of rotatable bonds is 2. The van der Waals surface area contributed by atoms with E-state index in [4.69, 9.17) is 4.52 Å². The third-order valence-electron chi connectivity index (χ3n) is 2.61. The van der Waals surface area contributed by atoms with Crippen LogP contribution in [0.4, 0.5) is 0 Å². The fourth-order valence-electron chi connectivity index (χ4n) is 1.73. The fraction of sp³-hybridized carbons (Fsp3) is 0.0714. The van der Waals surface area contributed by atoms with Crippen LogP contribution in [0.2, 0.25) is 0 Å².